The van der Waals surface area contributed by atoms with Crippen LogP contribution in [0.4, 0.5) is 0 Å². The van der Waals surface area contributed by atoms with Crippen LogP contribution in [0.25, 0.3) is 0 Å². The SMILES string of the molecule is CCCCNC(=O)c1oncc1C. The van der Waals surface area contributed by atoms with Gasteiger partial charge in [0.15, 0.2) is 0 Å². The molecule has 0 atom stereocenters. The Bertz CT molecular complexity index is 281. The predicted molar refractivity (Wildman–Crippen MR) is 48.5 cm³/mol. The van der Waals surface area contributed by atoms with Crippen molar-refractivity contribution in [2.24, 2.45) is 0 Å². The Morgan fingerprint density at radius 3 is 3.00 bits per heavy atom. The summed E-state index contributed by atoms with van der Waals surface area (Å²) >= 11 is 0. The van der Waals surface area contributed by atoms with Crippen molar-refractivity contribution in [3.63, 3.8) is 0 Å². The van der Waals surface area contributed by atoms with Crippen molar-refractivity contribution in [3.05, 3.63) is 17.5 Å². The third-order valence-electron chi connectivity index (χ3n) is 1.77. The van der Waals surface area contributed by atoms with E-state index in [1.54, 1.807) is 6.92 Å². The van der Waals surface area contributed by atoms with E-state index >= 15 is 0 Å². The monoisotopic (exact) mass is 182 g/mol. The zero-order valence-electron chi connectivity index (χ0n) is 7.96. The highest BCUT2D eigenvalue weighted by Gasteiger charge is 2.12. The Morgan fingerprint density at radius 2 is 2.46 bits per heavy atom. The lowest BCUT2D eigenvalue weighted by Gasteiger charge is -2.00. The van der Waals surface area contributed by atoms with Gasteiger partial charge in [0.1, 0.15) is 0 Å². The molecule has 0 fully saturated rings. The van der Waals surface area contributed by atoms with Gasteiger partial charge in [0.05, 0.1) is 6.20 Å². The molecule has 0 aromatic carbocycles. The first kappa shape index (κ1) is 9.77. The summed E-state index contributed by atoms with van der Waals surface area (Å²) in [5.74, 6) is 0.138. The number of aryl methyl sites for hydroxylation is 1. The van der Waals surface area contributed by atoms with Crippen molar-refractivity contribution in [1.82, 2.24) is 10.5 Å². The summed E-state index contributed by atoms with van der Waals surface area (Å²) in [6.07, 6.45) is 3.59. The lowest BCUT2D eigenvalue weighted by atomic mass is 10.2. The van der Waals surface area contributed by atoms with Gasteiger partial charge < -0.3 is 9.84 Å². The van der Waals surface area contributed by atoms with E-state index in [0.717, 1.165) is 18.4 Å². The smallest absolute Gasteiger partial charge is 0.290 e. The Hall–Kier alpha value is -1.32. The molecule has 0 radical (unpaired) electrons. The molecule has 1 amide bonds. The first-order valence-electron chi connectivity index (χ1n) is 4.45. The maximum Gasteiger partial charge on any atom is 0.290 e. The van der Waals surface area contributed by atoms with Crippen molar-refractivity contribution in [3.8, 4) is 0 Å². The van der Waals surface area contributed by atoms with Crippen LogP contribution in [0.3, 0.4) is 0 Å². The molecule has 1 aromatic rings. The molecule has 1 rings (SSSR count). The van der Waals surface area contributed by atoms with Crippen LogP contribution >= 0.6 is 0 Å². The minimum atomic E-state index is -0.177. The number of carbonyl (C=O) groups is 1. The van der Waals surface area contributed by atoms with E-state index < -0.39 is 0 Å². The minimum absolute atomic E-state index is 0.177. The molecular formula is C9H14N2O2. The molecule has 0 spiro atoms. The maximum absolute atomic E-state index is 11.4. The lowest BCUT2D eigenvalue weighted by molar-refractivity contribution is 0.0915. The average Bonchev–Trinajstić information content (AvgIpc) is 2.52. The second kappa shape index (κ2) is 4.64. The molecule has 13 heavy (non-hydrogen) atoms. The first-order chi connectivity index (χ1) is 6.25. The van der Waals surface area contributed by atoms with Crippen LogP contribution < -0.4 is 5.32 Å². The number of carbonyl (C=O) groups excluding carboxylic acids is 1. The number of hydrogen-bond acceptors (Lipinski definition) is 3. The van der Waals surface area contributed by atoms with Gasteiger partial charge >= 0.3 is 0 Å². The van der Waals surface area contributed by atoms with Gasteiger partial charge in [-0.1, -0.05) is 18.5 Å². The number of hydrogen-bond donors (Lipinski definition) is 1. The van der Waals surface area contributed by atoms with Gasteiger partial charge in [0.25, 0.3) is 5.91 Å². The Kier molecular flexibility index (Phi) is 3.49. The zero-order chi connectivity index (χ0) is 9.68. The van der Waals surface area contributed by atoms with Crippen molar-refractivity contribution in [2.45, 2.75) is 26.7 Å². The van der Waals surface area contributed by atoms with E-state index in [2.05, 4.69) is 17.4 Å². The van der Waals surface area contributed by atoms with Crippen LogP contribution in [-0.4, -0.2) is 17.6 Å². The molecule has 0 saturated heterocycles. The fourth-order valence-electron chi connectivity index (χ4n) is 0.968. The van der Waals surface area contributed by atoms with E-state index in [-0.39, 0.29) is 5.91 Å². The number of rotatable bonds is 4. The van der Waals surface area contributed by atoms with E-state index in [9.17, 15) is 4.79 Å². The number of unbranched alkanes of at least 4 members (excludes halogenated alkanes) is 1. The Labute approximate surface area is 77.3 Å². The van der Waals surface area contributed by atoms with Crippen molar-refractivity contribution >= 4 is 5.91 Å². The van der Waals surface area contributed by atoms with Crippen molar-refractivity contribution < 1.29 is 9.32 Å². The lowest BCUT2D eigenvalue weighted by Crippen LogP contribution is -2.24. The van der Waals surface area contributed by atoms with Crippen LogP contribution in [0, 0.1) is 6.92 Å². The predicted octanol–water partition coefficient (Wildman–Crippen LogP) is 1.51. The molecule has 0 saturated carbocycles. The van der Waals surface area contributed by atoms with Crippen molar-refractivity contribution in [1.29, 1.82) is 0 Å². The van der Waals surface area contributed by atoms with Crippen LogP contribution in [0.5, 0.6) is 0 Å². The van der Waals surface area contributed by atoms with Crippen LogP contribution in [0.15, 0.2) is 10.7 Å². The second-order valence-corrected chi connectivity index (χ2v) is 2.95. The molecule has 1 N–H and O–H groups in total. The first-order valence-corrected chi connectivity index (χ1v) is 4.45. The summed E-state index contributed by atoms with van der Waals surface area (Å²) in [6, 6.07) is 0. The maximum atomic E-state index is 11.4. The fraction of sp³-hybridized carbons (Fsp3) is 0.556. The third kappa shape index (κ3) is 2.57. The highest BCUT2D eigenvalue weighted by molar-refractivity contribution is 5.92. The van der Waals surface area contributed by atoms with Gasteiger partial charge in [-0.2, -0.15) is 0 Å². The summed E-state index contributed by atoms with van der Waals surface area (Å²) in [4.78, 5) is 11.4. The number of aromatic nitrogens is 1. The number of nitrogens with one attached hydrogen (secondary N) is 1. The molecule has 0 aliphatic heterocycles. The molecule has 1 heterocycles. The van der Waals surface area contributed by atoms with Gasteiger partial charge in [-0.3, -0.25) is 4.79 Å². The molecule has 0 unspecified atom stereocenters. The van der Waals surface area contributed by atoms with Crippen LogP contribution in [0.1, 0.15) is 35.9 Å². The van der Waals surface area contributed by atoms with Gasteiger partial charge in [-0.15, -0.1) is 0 Å². The fourth-order valence-corrected chi connectivity index (χ4v) is 0.968. The molecule has 0 bridgehead atoms. The van der Waals surface area contributed by atoms with E-state index in [1.165, 1.54) is 6.20 Å². The summed E-state index contributed by atoms with van der Waals surface area (Å²) in [5.41, 5.74) is 0.772. The molecule has 0 aliphatic rings. The Balaban J connectivity index is 2.45. The third-order valence-corrected chi connectivity index (χ3v) is 1.77. The van der Waals surface area contributed by atoms with Gasteiger partial charge in [0, 0.05) is 12.1 Å². The topological polar surface area (TPSA) is 55.1 Å². The molecule has 0 aliphatic carbocycles. The summed E-state index contributed by atoms with van der Waals surface area (Å²) in [6.45, 7) is 4.56. The largest absolute Gasteiger partial charge is 0.351 e. The van der Waals surface area contributed by atoms with Gasteiger partial charge in [0.2, 0.25) is 5.76 Å². The standard InChI is InChI=1S/C9H14N2O2/c1-3-4-5-10-9(12)8-7(2)6-11-13-8/h6H,3-5H2,1-2H3,(H,10,12). The molecule has 4 nitrogen and oxygen atoms in total. The highest BCUT2D eigenvalue weighted by atomic mass is 16.5. The zero-order valence-corrected chi connectivity index (χ0v) is 7.96. The van der Waals surface area contributed by atoms with E-state index in [1.807, 2.05) is 0 Å². The molecule has 72 valence electrons. The number of nitrogens with zero attached hydrogens (tertiary/aromatic N) is 1. The van der Waals surface area contributed by atoms with Crippen LogP contribution in [0.2, 0.25) is 0 Å². The molecular weight excluding hydrogens is 168 g/mol. The molecule has 4 heteroatoms. The quantitative estimate of drug-likeness (QED) is 0.718. The Morgan fingerprint density at radius 1 is 1.69 bits per heavy atom. The average molecular weight is 182 g/mol. The molecule has 1 aromatic heterocycles. The van der Waals surface area contributed by atoms with E-state index in [0.29, 0.717) is 12.3 Å². The van der Waals surface area contributed by atoms with Crippen LogP contribution in [-0.2, 0) is 0 Å². The van der Waals surface area contributed by atoms with Crippen molar-refractivity contribution in [2.75, 3.05) is 6.54 Å². The minimum Gasteiger partial charge on any atom is -0.351 e. The highest BCUT2D eigenvalue weighted by Crippen LogP contribution is 2.04. The summed E-state index contributed by atoms with van der Waals surface area (Å²) in [7, 11) is 0. The summed E-state index contributed by atoms with van der Waals surface area (Å²) in [5, 5.41) is 6.29. The normalized spacial score (nSPS) is 10.0. The second-order valence-electron chi connectivity index (χ2n) is 2.95. The van der Waals surface area contributed by atoms with Gasteiger partial charge in [-0.05, 0) is 13.3 Å². The van der Waals surface area contributed by atoms with Gasteiger partial charge in [-0.25, -0.2) is 0 Å². The van der Waals surface area contributed by atoms with E-state index in [4.69, 9.17) is 4.52 Å². The summed E-state index contributed by atoms with van der Waals surface area (Å²) < 4.78 is 4.79. The number of amides is 1.